The summed E-state index contributed by atoms with van der Waals surface area (Å²) in [5, 5.41) is 3.64. The van der Waals surface area contributed by atoms with Gasteiger partial charge in [-0.1, -0.05) is 32.6 Å². The van der Waals surface area contributed by atoms with Crippen LogP contribution in [0.1, 0.15) is 70.9 Å². The Balaban J connectivity index is 1.57. The molecule has 2 atom stereocenters. The number of aryl methyl sites for hydroxylation is 1. The molecule has 0 radical (unpaired) electrons. The van der Waals surface area contributed by atoms with Crippen molar-refractivity contribution in [3.8, 4) is 0 Å². The van der Waals surface area contributed by atoms with Crippen LogP contribution >= 0.6 is 0 Å². The number of rotatable bonds is 8. The predicted octanol–water partition coefficient (Wildman–Crippen LogP) is 5.74. The molecule has 2 aliphatic heterocycles. The highest BCUT2D eigenvalue weighted by Crippen LogP contribution is 2.38. The zero-order valence-electron chi connectivity index (χ0n) is 18.2. The summed E-state index contributed by atoms with van der Waals surface area (Å²) in [5.41, 5.74) is 7.29. The molecule has 4 rings (SSSR count). The van der Waals surface area contributed by atoms with Crippen molar-refractivity contribution in [3.05, 3.63) is 53.1 Å². The first-order valence-corrected chi connectivity index (χ1v) is 11.5. The fourth-order valence-electron chi connectivity index (χ4n) is 4.86. The van der Waals surface area contributed by atoms with E-state index in [1.54, 1.807) is 0 Å². The van der Waals surface area contributed by atoms with E-state index in [9.17, 15) is 0 Å². The molecular weight excluding hydrogens is 358 g/mol. The molecule has 0 amide bonds. The summed E-state index contributed by atoms with van der Waals surface area (Å²) < 4.78 is 8.20. The van der Waals surface area contributed by atoms with Crippen molar-refractivity contribution >= 4 is 11.4 Å². The van der Waals surface area contributed by atoms with Crippen molar-refractivity contribution < 1.29 is 4.74 Å². The molecule has 1 aromatic rings. The first-order valence-electron chi connectivity index (χ1n) is 11.5. The lowest BCUT2D eigenvalue weighted by Gasteiger charge is -2.24. The van der Waals surface area contributed by atoms with E-state index < -0.39 is 0 Å². The molecule has 0 spiro atoms. The van der Waals surface area contributed by atoms with Gasteiger partial charge >= 0.3 is 0 Å². The summed E-state index contributed by atoms with van der Waals surface area (Å²) in [6, 6.07) is 4.22. The largest absolute Gasteiger partial charge is 0.368 e. The lowest BCUT2D eigenvalue weighted by Crippen LogP contribution is -2.18. The van der Waals surface area contributed by atoms with Gasteiger partial charge in [-0.25, -0.2) is 0 Å². The normalized spacial score (nSPS) is 26.1. The zero-order chi connectivity index (χ0) is 20.2. The van der Waals surface area contributed by atoms with Crippen LogP contribution in [-0.2, 0) is 11.8 Å². The Morgan fingerprint density at radius 2 is 2.14 bits per heavy atom. The monoisotopic (exact) mass is 393 g/mol. The number of nitrogens with zero attached hydrogens (tertiary/aromatic N) is 2. The van der Waals surface area contributed by atoms with Crippen molar-refractivity contribution in [2.24, 2.45) is 18.0 Å². The van der Waals surface area contributed by atoms with Gasteiger partial charge < -0.3 is 14.6 Å². The second-order valence-corrected chi connectivity index (χ2v) is 8.48. The van der Waals surface area contributed by atoms with Gasteiger partial charge in [-0.3, -0.25) is 4.99 Å². The molecule has 3 aliphatic rings. The Morgan fingerprint density at radius 3 is 2.90 bits per heavy atom. The number of nitrogens with one attached hydrogen (secondary N) is 1. The first-order chi connectivity index (χ1) is 14.2. The molecule has 0 aromatic carbocycles. The molecule has 3 heterocycles. The highest BCUT2D eigenvalue weighted by molar-refractivity contribution is 6.04. The third-order valence-corrected chi connectivity index (χ3v) is 6.41. The molecule has 1 aliphatic carbocycles. The molecule has 1 saturated carbocycles. The summed E-state index contributed by atoms with van der Waals surface area (Å²) in [4.78, 5) is 5.08. The summed E-state index contributed by atoms with van der Waals surface area (Å²) in [7, 11) is 2.08. The minimum atomic E-state index is -0.0516. The molecule has 1 fully saturated rings. The van der Waals surface area contributed by atoms with Gasteiger partial charge in [-0.15, -0.1) is 0 Å². The smallest absolute Gasteiger partial charge is 0.120 e. The topological polar surface area (TPSA) is 38.5 Å². The molecule has 1 aromatic heterocycles. The average Bonchev–Trinajstić information content (AvgIpc) is 3.43. The van der Waals surface area contributed by atoms with Crippen LogP contribution < -0.4 is 5.32 Å². The standard InChI is InChI=1S/C25H35N3O/c1-4-6-7-8-11-18-12-9-13-20-19(18)16-22(26-20)25-24(29-5-2)17-21(27-25)23-14-10-15-28(23)3/h10,14-18,24,27H,4-9,11-13H2,1-3H3. The molecule has 4 heteroatoms. The number of ether oxygens (including phenoxy) is 1. The number of fused-ring (bicyclic) bond motifs is 1. The summed E-state index contributed by atoms with van der Waals surface area (Å²) in [6.45, 7) is 5.03. The number of hydrogen-bond donors (Lipinski definition) is 1. The van der Waals surface area contributed by atoms with Crippen LogP contribution in [0.3, 0.4) is 0 Å². The van der Waals surface area contributed by atoms with E-state index in [1.807, 2.05) is 0 Å². The maximum atomic E-state index is 6.06. The molecule has 1 N–H and O–H groups in total. The van der Waals surface area contributed by atoms with Gasteiger partial charge in [0.2, 0.25) is 0 Å². The maximum absolute atomic E-state index is 6.06. The van der Waals surface area contributed by atoms with Gasteiger partial charge in [-0.2, -0.15) is 0 Å². The average molecular weight is 394 g/mol. The second kappa shape index (κ2) is 9.17. The van der Waals surface area contributed by atoms with Crippen LogP contribution in [0, 0.1) is 5.92 Å². The van der Waals surface area contributed by atoms with Crippen molar-refractivity contribution in [2.75, 3.05) is 6.61 Å². The predicted molar refractivity (Wildman–Crippen MR) is 121 cm³/mol. The first kappa shape index (κ1) is 20.2. The van der Waals surface area contributed by atoms with Crippen molar-refractivity contribution in [1.29, 1.82) is 0 Å². The SMILES string of the molecule is CCCCCCC1CCCC2=NC(=C3NC(c4cccn4C)=CC3OCC)C=C21. The molecule has 29 heavy (non-hydrogen) atoms. The van der Waals surface area contributed by atoms with E-state index in [0.29, 0.717) is 12.5 Å². The Morgan fingerprint density at radius 1 is 1.24 bits per heavy atom. The van der Waals surface area contributed by atoms with Gasteiger partial charge in [-0.05, 0) is 68.4 Å². The Labute approximate surface area is 175 Å². The number of allylic oxidation sites excluding steroid dienone is 2. The lowest BCUT2D eigenvalue weighted by molar-refractivity contribution is 0.121. The minimum absolute atomic E-state index is 0.0516. The van der Waals surface area contributed by atoms with Crippen LogP contribution in [0.15, 0.2) is 52.4 Å². The molecule has 156 valence electrons. The highest BCUT2D eigenvalue weighted by atomic mass is 16.5. The fraction of sp³-hybridized carbons (Fsp3) is 0.560. The number of unbranched alkanes of at least 4 members (excludes halogenated alkanes) is 3. The summed E-state index contributed by atoms with van der Waals surface area (Å²) in [6.07, 6.45) is 17.0. The van der Waals surface area contributed by atoms with Crippen LogP contribution in [0.25, 0.3) is 5.70 Å². The van der Waals surface area contributed by atoms with E-state index in [4.69, 9.17) is 9.73 Å². The molecule has 0 bridgehead atoms. The Kier molecular flexibility index (Phi) is 6.39. The van der Waals surface area contributed by atoms with E-state index in [1.165, 1.54) is 61.9 Å². The van der Waals surface area contributed by atoms with E-state index >= 15 is 0 Å². The minimum Gasteiger partial charge on any atom is -0.368 e. The van der Waals surface area contributed by atoms with E-state index in [2.05, 4.69) is 61.3 Å². The fourth-order valence-corrected chi connectivity index (χ4v) is 4.86. The van der Waals surface area contributed by atoms with Crippen molar-refractivity contribution in [1.82, 2.24) is 9.88 Å². The van der Waals surface area contributed by atoms with Crippen molar-refractivity contribution in [3.63, 3.8) is 0 Å². The van der Waals surface area contributed by atoms with Crippen LogP contribution in [0.5, 0.6) is 0 Å². The van der Waals surface area contributed by atoms with E-state index in [0.717, 1.165) is 23.5 Å². The molecule has 0 saturated heterocycles. The molecule has 2 unspecified atom stereocenters. The zero-order valence-corrected chi connectivity index (χ0v) is 18.2. The van der Waals surface area contributed by atoms with E-state index in [-0.39, 0.29) is 6.10 Å². The van der Waals surface area contributed by atoms with Crippen LogP contribution in [0.2, 0.25) is 0 Å². The number of hydrogen-bond acceptors (Lipinski definition) is 3. The van der Waals surface area contributed by atoms with Crippen LogP contribution in [0.4, 0.5) is 0 Å². The quantitative estimate of drug-likeness (QED) is 0.572. The number of aliphatic imine (C=N–C) groups is 1. The molecular formula is C25H35N3O. The van der Waals surface area contributed by atoms with Gasteiger partial charge in [0.1, 0.15) is 6.10 Å². The Hall–Kier alpha value is -2.07. The summed E-state index contributed by atoms with van der Waals surface area (Å²) in [5.74, 6) is 0.685. The van der Waals surface area contributed by atoms with Crippen molar-refractivity contribution in [2.45, 2.75) is 71.3 Å². The Bertz CT molecular complexity index is 855. The third-order valence-electron chi connectivity index (χ3n) is 6.41. The number of aromatic nitrogens is 1. The van der Waals surface area contributed by atoms with Gasteiger partial charge in [0.15, 0.2) is 0 Å². The third kappa shape index (κ3) is 4.28. The van der Waals surface area contributed by atoms with Crippen LogP contribution in [-0.4, -0.2) is 23.0 Å². The maximum Gasteiger partial charge on any atom is 0.120 e. The van der Waals surface area contributed by atoms with Gasteiger partial charge in [0.05, 0.1) is 22.8 Å². The second-order valence-electron chi connectivity index (χ2n) is 8.48. The highest BCUT2D eigenvalue weighted by Gasteiger charge is 2.32. The lowest BCUT2D eigenvalue weighted by atomic mass is 9.80. The van der Waals surface area contributed by atoms with Gasteiger partial charge in [0.25, 0.3) is 0 Å². The molecule has 4 nitrogen and oxygen atoms in total. The van der Waals surface area contributed by atoms with Gasteiger partial charge in [0, 0.05) is 25.6 Å². The summed E-state index contributed by atoms with van der Waals surface area (Å²) >= 11 is 0.